The minimum absolute atomic E-state index is 0.295. The molecule has 1 aromatic heterocycles. The number of halogens is 1. The minimum Gasteiger partial charge on any atom is -0.432 e. The molecule has 1 aromatic rings. The fraction of sp³-hybridized carbons (Fsp3) is 0.625. The van der Waals surface area contributed by atoms with Crippen LogP contribution >= 0.6 is 11.6 Å². The van der Waals surface area contributed by atoms with Gasteiger partial charge in [0.1, 0.15) is 5.76 Å². The summed E-state index contributed by atoms with van der Waals surface area (Å²) < 4.78 is 5.21. The quantitative estimate of drug-likeness (QED) is 0.600. The van der Waals surface area contributed by atoms with E-state index in [2.05, 4.69) is 11.9 Å². The lowest BCUT2D eigenvalue weighted by Gasteiger charge is -2.14. The van der Waals surface area contributed by atoms with Crippen LogP contribution in [0, 0.1) is 5.92 Å². The van der Waals surface area contributed by atoms with Crippen molar-refractivity contribution in [3.05, 3.63) is 16.8 Å². The highest BCUT2D eigenvalue weighted by molar-refractivity contribution is 6.27. The Morgan fingerprint density at radius 3 is 3.27 bits per heavy atom. The van der Waals surface area contributed by atoms with Crippen molar-refractivity contribution in [2.75, 3.05) is 0 Å². The number of oxazole rings is 1. The maximum Gasteiger partial charge on any atom is 0.292 e. The van der Waals surface area contributed by atoms with Crippen molar-refractivity contribution >= 4 is 11.6 Å². The molecule has 0 N–H and O–H groups in total. The van der Waals surface area contributed by atoms with Gasteiger partial charge in [-0.1, -0.05) is 6.92 Å². The summed E-state index contributed by atoms with van der Waals surface area (Å²) in [6, 6.07) is 0. The standard InChI is InChI=1S/C8H10ClNO/c1-5-2-3-7-6(4-5)10-8(9)11-7/h5H,2-4H2,1H3. The number of aromatic nitrogens is 1. The first kappa shape index (κ1) is 7.17. The molecular formula is C8H10ClNO. The Hall–Kier alpha value is -0.500. The fourth-order valence-corrected chi connectivity index (χ4v) is 1.71. The zero-order valence-corrected chi connectivity index (χ0v) is 7.19. The molecule has 3 heteroatoms. The molecule has 0 aromatic carbocycles. The van der Waals surface area contributed by atoms with Gasteiger partial charge in [0.25, 0.3) is 5.35 Å². The average Bonchev–Trinajstić information content (AvgIpc) is 2.27. The van der Waals surface area contributed by atoms with Crippen LogP contribution in [0.2, 0.25) is 5.35 Å². The van der Waals surface area contributed by atoms with Gasteiger partial charge in [-0.15, -0.1) is 0 Å². The second kappa shape index (κ2) is 2.52. The molecule has 0 saturated carbocycles. The van der Waals surface area contributed by atoms with Gasteiger partial charge in [-0.05, 0) is 30.4 Å². The van der Waals surface area contributed by atoms with Crippen LogP contribution in [0.15, 0.2) is 4.42 Å². The van der Waals surface area contributed by atoms with E-state index in [9.17, 15) is 0 Å². The fourth-order valence-electron chi connectivity index (χ4n) is 1.52. The molecule has 1 unspecified atom stereocenters. The lowest BCUT2D eigenvalue weighted by molar-refractivity contribution is 0.426. The van der Waals surface area contributed by atoms with E-state index in [1.807, 2.05) is 0 Å². The lowest BCUT2D eigenvalue weighted by Crippen LogP contribution is -2.09. The predicted molar refractivity (Wildman–Crippen MR) is 42.7 cm³/mol. The maximum absolute atomic E-state index is 5.62. The molecule has 0 bridgehead atoms. The van der Waals surface area contributed by atoms with Crippen LogP contribution in [0.25, 0.3) is 0 Å². The summed E-state index contributed by atoms with van der Waals surface area (Å²) in [4.78, 5) is 4.10. The number of hydrogen-bond acceptors (Lipinski definition) is 2. The highest BCUT2D eigenvalue weighted by Crippen LogP contribution is 2.26. The molecule has 0 radical (unpaired) electrons. The number of aryl methyl sites for hydroxylation is 1. The molecule has 0 aliphatic heterocycles. The zero-order chi connectivity index (χ0) is 7.84. The van der Waals surface area contributed by atoms with E-state index in [0.717, 1.165) is 30.2 Å². The number of hydrogen-bond donors (Lipinski definition) is 0. The molecule has 1 atom stereocenters. The van der Waals surface area contributed by atoms with Crippen molar-refractivity contribution in [2.24, 2.45) is 5.92 Å². The van der Waals surface area contributed by atoms with Gasteiger partial charge in [-0.2, -0.15) is 0 Å². The third kappa shape index (κ3) is 1.27. The summed E-state index contributed by atoms with van der Waals surface area (Å²) in [6.45, 7) is 2.23. The summed E-state index contributed by atoms with van der Waals surface area (Å²) in [7, 11) is 0. The minimum atomic E-state index is 0.295. The van der Waals surface area contributed by atoms with E-state index in [4.69, 9.17) is 16.0 Å². The number of fused-ring (bicyclic) bond motifs is 1. The highest BCUT2D eigenvalue weighted by atomic mass is 35.5. The van der Waals surface area contributed by atoms with Crippen LogP contribution in [-0.2, 0) is 12.8 Å². The summed E-state index contributed by atoms with van der Waals surface area (Å²) in [5, 5.41) is 0.295. The van der Waals surface area contributed by atoms with Gasteiger partial charge < -0.3 is 4.42 Å². The van der Waals surface area contributed by atoms with E-state index in [-0.39, 0.29) is 0 Å². The molecule has 1 heterocycles. The van der Waals surface area contributed by atoms with Crippen LogP contribution < -0.4 is 0 Å². The topological polar surface area (TPSA) is 26.0 Å². The Kier molecular flexibility index (Phi) is 1.64. The molecule has 2 rings (SSSR count). The van der Waals surface area contributed by atoms with Crippen molar-refractivity contribution in [1.29, 1.82) is 0 Å². The largest absolute Gasteiger partial charge is 0.432 e. The van der Waals surface area contributed by atoms with Gasteiger partial charge in [0.05, 0.1) is 5.69 Å². The predicted octanol–water partition coefficient (Wildman–Crippen LogP) is 2.45. The Morgan fingerprint density at radius 2 is 2.45 bits per heavy atom. The normalized spacial score (nSPS) is 23.3. The molecule has 0 saturated heterocycles. The van der Waals surface area contributed by atoms with Gasteiger partial charge in [0.15, 0.2) is 0 Å². The number of rotatable bonds is 0. The first-order chi connectivity index (χ1) is 5.25. The summed E-state index contributed by atoms with van der Waals surface area (Å²) in [6.07, 6.45) is 3.21. The molecule has 0 amide bonds. The Morgan fingerprint density at radius 1 is 1.64 bits per heavy atom. The molecule has 60 valence electrons. The number of nitrogens with zero attached hydrogens (tertiary/aromatic N) is 1. The molecule has 1 aliphatic rings. The summed E-state index contributed by atoms with van der Waals surface area (Å²) >= 11 is 5.62. The van der Waals surface area contributed by atoms with E-state index in [1.54, 1.807) is 0 Å². The molecule has 0 fully saturated rings. The Balaban J connectivity index is 2.34. The van der Waals surface area contributed by atoms with Crippen LogP contribution in [-0.4, -0.2) is 4.98 Å². The van der Waals surface area contributed by atoms with Gasteiger partial charge in [-0.3, -0.25) is 0 Å². The Bertz CT molecular complexity index is 269. The smallest absolute Gasteiger partial charge is 0.292 e. The third-order valence-electron chi connectivity index (χ3n) is 2.16. The first-order valence-electron chi connectivity index (χ1n) is 3.90. The van der Waals surface area contributed by atoms with Crippen LogP contribution in [0.1, 0.15) is 24.8 Å². The third-order valence-corrected chi connectivity index (χ3v) is 2.32. The second-order valence-corrected chi connectivity index (χ2v) is 3.51. The molecule has 11 heavy (non-hydrogen) atoms. The second-order valence-electron chi connectivity index (χ2n) is 3.18. The summed E-state index contributed by atoms with van der Waals surface area (Å²) in [5.41, 5.74) is 1.06. The van der Waals surface area contributed by atoms with E-state index < -0.39 is 0 Å². The van der Waals surface area contributed by atoms with Crippen molar-refractivity contribution < 1.29 is 4.42 Å². The summed E-state index contributed by atoms with van der Waals surface area (Å²) in [5.74, 6) is 1.72. The lowest BCUT2D eigenvalue weighted by atomic mass is 9.92. The first-order valence-corrected chi connectivity index (χ1v) is 4.27. The molecule has 0 spiro atoms. The SMILES string of the molecule is CC1CCc2oc(Cl)nc2C1. The van der Waals surface area contributed by atoms with Crippen molar-refractivity contribution in [3.63, 3.8) is 0 Å². The molecular weight excluding hydrogens is 162 g/mol. The van der Waals surface area contributed by atoms with Crippen LogP contribution in [0.3, 0.4) is 0 Å². The van der Waals surface area contributed by atoms with Gasteiger partial charge in [0.2, 0.25) is 0 Å². The monoisotopic (exact) mass is 171 g/mol. The van der Waals surface area contributed by atoms with Gasteiger partial charge >= 0.3 is 0 Å². The maximum atomic E-state index is 5.62. The molecule has 2 nitrogen and oxygen atoms in total. The highest BCUT2D eigenvalue weighted by Gasteiger charge is 2.20. The van der Waals surface area contributed by atoms with Crippen molar-refractivity contribution in [1.82, 2.24) is 4.98 Å². The van der Waals surface area contributed by atoms with E-state index >= 15 is 0 Å². The van der Waals surface area contributed by atoms with Gasteiger partial charge in [0, 0.05) is 6.42 Å². The molecule has 1 aliphatic carbocycles. The van der Waals surface area contributed by atoms with Crippen LogP contribution in [0.5, 0.6) is 0 Å². The van der Waals surface area contributed by atoms with Crippen LogP contribution in [0.4, 0.5) is 0 Å². The Labute approximate surface area is 70.6 Å². The van der Waals surface area contributed by atoms with Crippen molar-refractivity contribution in [3.8, 4) is 0 Å². The van der Waals surface area contributed by atoms with E-state index in [0.29, 0.717) is 5.35 Å². The zero-order valence-electron chi connectivity index (χ0n) is 6.43. The van der Waals surface area contributed by atoms with Crippen molar-refractivity contribution in [2.45, 2.75) is 26.2 Å². The average molecular weight is 172 g/mol. The van der Waals surface area contributed by atoms with E-state index in [1.165, 1.54) is 6.42 Å². The van der Waals surface area contributed by atoms with Gasteiger partial charge in [-0.25, -0.2) is 4.98 Å².